The maximum atomic E-state index is 7.36. The molecule has 0 spiro atoms. The molecule has 0 saturated heterocycles. The van der Waals surface area contributed by atoms with E-state index >= 15 is 0 Å². The van der Waals surface area contributed by atoms with Crippen molar-refractivity contribution in [3.05, 3.63) is 349 Å². The van der Waals surface area contributed by atoms with Crippen molar-refractivity contribution >= 4 is 44.7 Å². The highest BCUT2D eigenvalue weighted by Gasteiger charge is 2.22. The Morgan fingerprint density at radius 1 is 0.216 bits per heavy atom. The standard InChI is InChI=1S/C96H72Cl2N4/c1-95(2,3)73-46-48-99-93(57-73)64-34-30-62(31-35-64)77-20-9-12-24-81(77)71-51-72(55-76(98)54-71)90-56-66(38-41-84(90)63-32-36-65(37-33-63)94-58-74(47-49-100-94)96(4,5)6)85-42-43-89(87-28-16-15-27-86(85)87)92-45-40-68(60-102-92)80-23-11-14-26-83(80)70-50-69(52-75(97)53-70)82-25-13-10-22-79(82)67-39-44-91(101-59-67)88-29-17-19-61-18-7-8-21-78(61)88/h7-60H,1-6H3. The molecule has 4 aromatic heterocycles. The van der Waals surface area contributed by atoms with Crippen LogP contribution in [0.15, 0.2) is 328 Å². The first-order chi connectivity index (χ1) is 49.6. The van der Waals surface area contributed by atoms with E-state index in [2.05, 4.69) is 345 Å². The third kappa shape index (κ3) is 13.0. The van der Waals surface area contributed by atoms with Crippen molar-refractivity contribution in [2.24, 2.45) is 0 Å². The molecule has 0 atom stereocenters. The highest BCUT2D eigenvalue weighted by molar-refractivity contribution is 6.31. The number of nitrogens with zero attached hydrogens (tertiary/aromatic N) is 4. The Hall–Kier alpha value is -11.7. The molecule has 0 aliphatic rings. The van der Waals surface area contributed by atoms with Gasteiger partial charge in [0, 0.05) is 68.2 Å². The topological polar surface area (TPSA) is 51.6 Å². The van der Waals surface area contributed by atoms with Crippen LogP contribution >= 0.6 is 23.2 Å². The number of halogens is 2. The Balaban J connectivity index is 0.733. The van der Waals surface area contributed by atoms with Crippen molar-refractivity contribution in [3.63, 3.8) is 0 Å². The van der Waals surface area contributed by atoms with Crippen LogP contribution in [-0.2, 0) is 10.8 Å². The van der Waals surface area contributed by atoms with Gasteiger partial charge in [0.05, 0.1) is 22.8 Å². The molecule has 6 heteroatoms. The maximum Gasteiger partial charge on any atom is 0.0708 e. The lowest BCUT2D eigenvalue weighted by atomic mass is 9.86. The molecule has 0 aliphatic carbocycles. The zero-order valence-electron chi connectivity index (χ0n) is 57.7. The summed E-state index contributed by atoms with van der Waals surface area (Å²) in [6.45, 7) is 13.4. The molecule has 0 bridgehead atoms. The Kier molecular flexibility index (Phi) is 17.3. The summed E-state index contributed by atoms with van der Waals surface area (Å²) in [6.07, 6.45) is 7.82. The number of fused-ring (bicyclic) bond motifs is 2. The van der Waals surface area contributed by atoms with Gasteiger partial charge in [-0.1, -0.05) is 289 Å². The van der Waals surface area contributed by atoms with E-state index in [1.807, 2.05) is 24.8 Å². The highest BCUT2D eigenvalue weighted by atomic mass is 35.5. The molecule has 0 amide bonds. The number of pyridine rings is 4. The molecular formula is C96H72Cl2N4. The summed E-state index contributed by atoms with van der Waals surface area (Å²) in [7, 11) is 0. The van der Waals surface area contributed by atoms with Crippen LogP contribution in [0.2, 0.25) is 10.0 Å². The molecule has 0 aliphatic heterocycles. The molecule has 490 valence electrons. The van der Waals surface area contributed by atoms with Crippen molar-refractivity contribution < 1.29 is 0 Å². The quantitative estimate of drug-likeness (QED) is 0.115. The predicted octanol–water partition coefficient (Wildman–Crippen LogP) is 27.1. The maximum absolute atomic E-state index is 7.36. The number of aromatic nitrogens is 4. The summed E-state index contributed by atoms with van der Waals surface area (Å²) in [5.41, 5.74) is 29.6. The van der Waals surface area contributed by atoms with Gasteiger partial charge < -0.3 is 0 Å². The lowest BCUT2D eigenvalue weighted by molar-refractivity contribution is 0.589. The molecular weight excluding hydrogens is 1280 g/mol. The van der Waals surface area contributed by atoms with Crippen molar-refractivity contribution in [1.29, 1.82) is 0 Å². The molecule has 4 nitrogen and oxygen atoms in total. The van der Waals surface area contributed by atoms with Crippen LogP contribution in [0, 0.1) is 0 Å². The van der Waals surface area contributed by atoms with E-state index in [4.69, 9.17) is 43.1 Å². The lowest BCUT2D eigenvalue weighted by Gasteiger charge is -2.19. The van der Waals surface area contributed by atoms with E-state index in [9.17, 15) is 0 Å². The summed E-state index contributed by atoms with van der Waals surface area (Å²) in [6, 6.07) is 108. The smallest absolute Gasteiger partial charge is 0.0708 e. The van der Waals surface area contributed by atoms with Crippen LogP contribution in [0.5, 0.6) is 0 Å². The van der Waals surface area contributed by atoms with Gasteiger partial charge in [-0.05, 0) is 211 Å². The summed E-state index contributed by atoms with van der Waals surface area (Å²) in [5, 5.41) is 5.90. The first-order valence-electron chi connectivity index (χ1n) is 34.7. The van der Waals surface area contributed by atoms with Crippen LogP contribution in [-0.4, -0.2) is 19.9 Å². The first kappa shape index (κ1) is 65.0. The van der Waals surface area contributed by atoms with Gasteiger partial charge >= 0.3 is 0 Å². The molecule has 16 aromatic rings. The van der Waals surface area contributed by atoms with Crippen molar-refractivity contribution in [2.45, 2.75) is 52.4 Å². The summed E-state index contributed by atoms with van der Waals surface area (Å²) < 4.78 is 0. The minimum Gasteiger partial charge on any atom is -0.256 e. The van der Waals surface area contributed by atoms with Crippen LogP contribution in [0.1, 0.15) is 52.7 Å². The van der Waals surface area contributed by atoms with Gasteiger partial charge in [-0.3, -0.25) is 19.9 Å². The lowest BCUT2D eigenvalue weighted by Crippen LogP contribution is -2.11. The van der Waals surface area contributed by atoms with Gasteiger partial charge in [-0.25, -0.2) is 0 Å². The Labute approximate surface area is 607 Å². The van der Waals surface area contributed by atoms with Crippen molar-refractivity contribution in [2.75, 3.05) is 0 Å². The fourth-order valence-corrected chi connectivity index (χ4v) is 14.8. The molecule has 0 N–H and O–H groups in total. The Morgan fingerprint density at radius 2 is 0.549 bits per heavy atom. The van der Waals surface area contributed by atoms with E-state index in [-0.39, 0.29) is 10.8 Å². The largest absolute Gasteiger partial charge is 0.256 e. The minimum atomic E-state index is -0.00887. The van der Waals surface area contributed by atoms with Crippen molar-refractivity contribution in [3.8, 4) is 145 Å². The predicted molar refractivity (Wildman–Crippen MR) is 431 cm³/mol. The second-order valence-electron chi connectivity index (χ2n) is 28.5. The number of hydrogen-bond acceptors (Lipinski definition) is 4. The third-order valence-electron chi connectivity index (χ3n) is 19.8. The van der Waals surface area contributed by atoms with E-state index in [1.165, 1.54) is 21.9 Å². The fourth-order valence-electron chi connectivity index (χ4n) is 14.4. The molecule has 12 aromatic carbocycles. The van der Waals surface area contributed by atoms with Gasteiger partial charge in [-0.2, -0.15) is 0 Å². The first-order valence-corrected chi connectivity index (χ1v) is 35.5. The summed E-state index contributed by atoms with van der Waals surface area (Å²) in [5.74, 6) is 0. The normalized spacial score (nSPS) is 11.7. The Morgan fingerprint density at radius 3 is 1.01 bits per heavy atom. The van der Waals surface area contributed by atoms with Gasteiger partial charge in [0.15, 0.2) is 0 Å². The summed E-state index contributed by atoms with van der Waals surface area (Å²) >= 11 is 14.5. The van der Waals surface area contributed by atoms with Crippen LogP contribution < -0.4 is 0 Å². The van der Waals surface area contributed by atoms with E-state index in [1.54, 1.807) is 0 Å². The van der Waals surface area contributed by atoms with Crippen LogP contribution in [0.4, 0.5) is 0 Å². The van der Waals surface area contributed by atoms with Gasteiger partial charge in [-0.15, -0.1) is 0 Å². The summed E-state index contributed by atoms with van der Waals surface area (Å²) in [4.78, 5) is 19.9. The second-order valence-corrected chi connectivity index (χ2v) is 29.3. The van der Waals surface area contributed by atoms with E-state index in [0.29, 0.717) is 10.0 Å². The molecule has 0 unspecified atom stereocenters. The van der Waals surface area contributed by atoms with E-state index in [0.717, 1.165) is 156 Å². The third-order valence-corrected chi connectivity index (χ3v) is 20.2. The van der Waals surface area contributed by atoms with Crippen molar-refractivity contribution in [1.82, 2.24) is 19.9 Å². The fraction of sp³-hybridized carbons (Fsp3) is 0.0833. The molecule has 0 radical (unpaired) electrons. The average Bonchev–Trinajstić information content (AvgIpc) is 0.766. The molecule has 16 rings (SSSR count). The highest BCUT2D eigenvalue weighted by Crippen LogP contribution is 2.46. The SMILES string of the molecule is CC(C)(C)c1ccnc(-c2ccc(-c3ccccc3-c3cc(Cl)cc(-c4cc(-c5ccc(-c6ccc(-c7ccccc7-c7cc(Cl)cc(-c8ccccc8-c8ccc(-c9cccc%10ccccc9%10)nc8)c7)cn6)c6ccccc56)ccc4-c4ccc(-c5cc(C(C)(C)C)ccn5)cc4)c3)cc2)c1. The van der Waals surface area contributed by atoms with Gasteiger partial charge in [0.1, 0.15) is 0 Å². The molecule has 0 fully saturated rings. The number of hydrogen-bond donors (Lipinski definition) is 0. The Bertz CT molecular complexity index is 5840. The average molecular weight is 1350 g/mol. The zero-order valence-corrected chi connectivity index (χ0v) is 59.2. The number of rotatable bonds is 13. The minimum absolute atomic E-state index is 0.00887. The zero-order chi connectivity index (χ0) is 69.6. The van der Waals surface area contributed by atoms with E-state index < -0.39 is 0 Å². The molecule has 102 heavy (non-hydrogen) atoms. The monoisotopic (exact) mass is 1350 g/mol. The molecule has 0 saturated carbocycles. The number of benzene rings is 12. The van der Waals surface area contributed by atoms with Crippen LogP contribution in [0.25, 0.3) is 167 Å². The second kappa shape index (κ2) is 27.1. The van der Waals surface area contributed by atoms with Crippen LogP contribution in [0.3, 0.4) is 0 Å². The molecule has 4 heterocycles. The van der Waals surface area contributed by atoms with Gasteiger partial charge in [0.2, 0.25) is 0 Å². The van der Waals surface area contributed by atoms with Gasteiger partial charge in [0.25, 0.3) is 0 Å².